The Labute approximate surface area is 109 Å². The predicted molar refractivity (Wildman–Crippen MR) is 69.0 cm³/mol. The maximum atomic E-state index is 12.7. The van der Waals surface area contributed by atoms with E-state index in [1.165, 1.54) is 24.3 Å². The van der Waals surface area contributed by atoms with Crippen LogP contribution in [0.4, 0.5) is 10.1 Å². The standard InChI is InChI=1S/C13H10FNO3S/c14-11-4-6-13(7-5-11)19(17,18)15-12-3-1-2-10(8-12)9-16/h1-9,15H. The number of carbonyl (C=O) groups excluding carboxylic acids is 1. The Balaban J connectivity index is 2.30. The minimum absolute atomic E-state index is 0.0505. The van der Waals surface area contributed by atoms with Crippen molar-refractivity contribution in [2.45, 2.75) is 4.90 Å². The van der Waals surface area contributed by atoms with E-state index in [1.54, 1.807) is 12.1 Å². The molecule has 0 unspecified atom stereocenters. The summed E-state index contributed by atoms with van der Waals surface area (Å²) in [6.07, 6.45) is 0.621. The maximum absolute atomic E-state index is 12.7. The van der Waals surface area contributed by atoms with Crippen molar-refractivity contribution in [2.24, 2.45) is 0 Å². The summed E-state index contributed by atoms with van der Waals surface area (Å²) in [7, 11) is -3.79. The van der Waals surface area contributed by atoms with Gasteiger partial charge in [0.25, 0.3) is 10.0 Å². The van der Waals surface area contributed by atoms with Gasteiger partial charge in [-0.3, -0.25) is 9.52 Å². The molecule has 0 aliphatic carbocycles. The molecule has 2 aromatic rings. The van der Waals surface area contributed by atoms with Crippen LogP contribution in [-0.2, 0) is 10.0 Å². The lowest BCUT2D eigenvalue weighted by Crippen LogP contribution is -2.13. The SMILES string of the molecule is O=Cc1cccc(NS(=O)(=O)c2ccc(F)cc2)c1. The van der Waals surface area contributed by atoms with Crippen LogP contribution >= 0.6 is 0 Å². The van der Waals surface area contributed by atoms with Gasteiger partial charge in [0.2, 0.25) is 0 Å². The summed E-state index contributed by atoms with van der Waals surface area (Å²) >= 11 is 0. The fourth-order valence-corrected chi connectivity index (χ4v) is 2.55. The molecule has 98 valence electrons. The normalized spacial score (nSPS) is 11.0. The van der Waals surface area contributed by atoms with Gasteiger partial charge in [0.05, 0.1) is 4.90 Å². The highest BCUT2D eigenvalue weighted by atomic mass is 32.2. The molecule has 1 N–H and O–H groups in total. The summed E-state index contributed by atoms with van der Waals surface area (Å²) in [5.74, 6) is -0.512. The van der Waals surface area contributed by atoms with Crippen molar-refractivity contribution >= 4 is 22.0 Å². The van der Waals surface area contributed by atoms with Gasteiger partial charge in [-0.1, -0.05) is 12.1 Å². The Morgan fingerprint density at radius 3 is 2.37 bits per heavy atom. The highest BCUT2D eigenvalue weighted by Crippen LogP contribution is 2.17. The first-order chi connectivity index (χ1) is 9.01. The topological polar surface area (TPSA) is 63.2 Å². The number of anilines is 1. The van der Waals surface area contributed by atoms with Crippen molar-refractivity contribution in [2.75, 3.05) is 4.72 Å². The molecule has 0 radical (unpaired) electrons. The lowest BCUT2D eigenvalue weighted by molar-refractivity contribution is 0.112. The quantitative estimate of drug-likeness (QED) is 0.874. The van der Waals surface area contributed by atoms with E-state index in [-0.39, 0.29) is 10.6 Å². The van der Waals surface area contributed by atoms with Crippen LogP contribution in [0.5, 0.6) is 0 Å². The summed E-state index contributed by atoms with van der Waals surface area (Å²) in [4.78, 5) is 10.6. The average molecular weight is 279 g/mol. The number of benzene rings is 2. The number of rotatable bonds is 4. The third-order valence-corrected chi connectivity index (χ3v) is 3.80. The summed E-state index contributed by atoms with van der Waals surface area (Å²) in [6, 6.07) is 10.5. The van der Waals surface area contributed by atoms with Crippen LogP contribution in [0.2, 0.25) is 0 Å². The van der Waals surface area contributed by atoms with E-state index in [0.717, 1.165) is 12.1 Å². The third-order valence-electron chi connectivity index (χ3n) is 2.40. The molecule has 0 amide bonds. The Morgan fingerprint density at radius 2 is 1.74 bits per heavy atom. The van der Waals surface area contributed by atoms with Crippen molar-refractivity contribution in [1.82, 2.24) is 0 Å². The third kappa shape index (κ3) is 3.17. The van der Waals surface area contributed by atoms with E-state index in [1.807, 2.05) is 0 Å². The van der Waals surface area contributed by atoms with E-state index in [2.05, 4.69) is 4.72 Å². The van der Waals surface area contributed by atoms with E-state index in [9.17, 15) is 17.6 Å². The van der Waals surface area contributed by atoms with Crippen LogP contribution in [0, 0.1) is 5.82 Å². The zero-order valence-electron chi connectivity index (χ0n) is 9.71. The monoisotopic (exact) mass is 279 g/mol. The summed E-state index contributed by atoms with van der Waals surface area (Å²) in [6.45, 7) is 0. The highest BCUT2D eigenvalue weighted by molar-refractivity contribution is 7.92. The van der Waals surface area contributed by atoms with Gasteiger partial charge >= 0.3 is 0 Å². The summed E-state index contributed by atoms with van der Waals surface area (Å²) < 4.78 is 39.0. The Bertz CT molecular complexity index is 696. The predicted octanol–water partition coefficient (Wildman–Crippen LogP) is 2.44. The zero-order valence-corrected chi connectivity index (χ0v) is 10.5. The largest absolute Gasteiger partial charge is 0.298 e. The van der Waals surface area contributed by atoms with Gasteiger partial charge in [-0.2, -0.15) is 0 Å². The molecule has 2 aromatic carbocycles. The average Bonchev–Trinajstić information content (AvgIpc) is 2.39. The number of hydrogen-bond donors (Lipinski definition) is 1. The molecule has 0 fully saturated rings. The molecular formula is C13H10FNO3S. The maximum Gasteiger partial charge on any atom is 0.261 e. The molecule has 6 heteroatoms. The molecule has 0 atom stereocenters. The van der Waals surface area contributed by atoms with Gasteiger partial charge in [-0.15, -0.1) is 0 Å². The number of halogens is 1. The van der Waals surface area contributed by atoms with Gasteiger partial charge in [-0.05, 0) is 36.4 Å². The first-order valence-corrected chi connectivity index (χ1v) is 6.83. The fourth-order valence-electron chi connectivity index (χ4n) is 1.50. The van der Waals surface area contributed by atoms with Crippen LogP contribution in [-0.4, -0.2) is 14.7 Å². The Hall–Kier alpha value is -2.21. The minimum atomic E-state index is -3.79. The fraction of sp³-hybridized carbons (Fsp3) is 0. The van der Waals surface area contributed by atoms with Crippen molar-refractivity contribution in [1.29, 1.82) is 0 Å². The van der Waals surface area contributed by atoms with Crippen molar-refractivity contribution in [3.63, 3.8) is 0 Å². The Kier molecular flexibility index (Phi) is 3.62. The highest BCUT2D eigenvalue weighted by Gasteiger charge is 2.14. The van der Waals surface area contributed by atoms with E-state index >= 15 is 0 Å². The number of hydrogen-bond acceptors (Lipinski definition) is 3. The lowest BCUT2D eigenvalue weighted by Gasteiger charge is -2.08. The van der Waals surface area contributed by atoms with E-state index in [4.69, 9.17) is 0 Å². The van der Waals surface area contributed by atoms with E-state index in [0.29, 0.717) is 11.8 Å². The summed E-state index contributed by atoms with van der Waals surface area (Å²) in [5, 5.41) is 0. The first-order valence-electron chi connectivity index (χ1n) is 5.35. The molecule has 4 nitrogen and oxygen atoms in total. The lowest BCUT2D eigenvalue weighted by atomic mass is 10.2. The second kappa shape index (κ2) is 5.19. The zero-order chi connectivity index (χ0) is 13.9. The second-order valence-electron chi connectivity index (χ2n) is 3.80. The molecule has 0 heterocycles. The van der Waals surface area contributed by atoms with Gasteiger partial charge in [0, 0.05) is 11.3 Å². The summed E-state index contributed by atoms with van der Waals surface area (Å²) in [5.41, 5.74) is 0.633. The molecule has 19 heavy (non-hydrogen) atoms. The number of aldehydes is 1. The van der Waals surface area contributed by atoms with Crippen molar-refractivity contribution < 1.29 is 17.6 Å². The molecular weight excluding hydrogens is 269 g/mol. The van der Waals surface area contributed by atoms with Crippen LogP contribution in [0.25, 0.3) is 0 Å². The Morgan fingerprint density at radius 1 is 1.05 bits per heavy atom. The van der Waals surface area contributed by atoms with Crippen LogP contribution < -0.4 is 4.72 Å². The van der Waals surface area contributed by atoms with Gasteiger partial charge in [0.15, 0.2) is 0 Å². The van der Waals surface area contributed by atoms with Gasteiger partial charge < -0.3 is 0 Å². The van der Waals surface area contributed by atoms with Crippen molar-refractivity contribution in [3.05, 3.63) is 59.9 Å². The van der Waals surface area contributed by atoms with Crippen molar-refractivity contribution in [3.8, 4) is 0 Å². The number of sulfonamides is 1. The number of nitrogens with one attached hydrogen (secondary N) is 1. The molecule has 0 saturated carbocycles. The number of carbonyl (C=O) groups is 1. The van der Waals surface area contributed by atoms with Gasteiger partial charge in [-0.25, -0.2) is 12.8 Å². The first kappa shape index (κ1) is 13.2. The molecule has 0 spiro atoms. The van der Waals surface area contributed by atoms with E-state index < -0.39 is 15.8 Å². The molecule has 0 bridgehead atoms. The molecule has 0 aliphatic heterocycles. The molecule has 2 rings (SSSR count). The van der Waals surface area contributed by atoms with Gasteiger partial charge in [0.1, 0.15) is 12.1 Å². The molecule has 0 aromatic heterocycles. The smallest absolute Gasteiger partial charge is 0.261 e. The molecule has 0 aliphatic rings. The van der Waals surface area contributed by atoms with Crippen LogP contribution in [0.3, 0.4) is 0 Å². The molecule has 0 saturated heterocycles. The van der Waals surface area contributed by atoms with Crippen LogP contribution in [0.1, 0.15) is 10.4 Å². The minimum Gasteiger partial charge on any atom is -0.298 e. The van der Waals surface area contributed by atoms with Crippen LogP contribution in [0.15, 0.2) is 53.4 Å². The second-order valence-corrected chi connectivity index (χ2v) is 5.49.